The number of rotatable bonds is 5. The molecule has 15 heavy (non-hydrogen) atoms. The van der Waals surface area contributed by atoms with Crippen LogP contribution in [-0.4, -0.2) is 20.7 Å². The first-order valence-corrected chi connectivity index (χ1v) is 6.88. The van der Waals surface area contributed by atoms with E-state index in [1.807, 2.05) is 24.3 Å². The first-order chi connectivity index (χ1) is 7.07. The van der Waals surface area contributed by atoms with Gasteiger partial charge in [-0.3, -0.25) is 0 Å². The van der Waals surface area contributed by atoms with Gasteiger partial charge in [0.25, 0.3) is 0 Å². The molecular formula is C11H17NO2S. The SMILES string of the molecule is CCc1ccc(CS(=O)(=O)CCN)cc1. The number of hydrogen-bond acceptors (Lipinski definition) is 3. The van der Waals surface area contributed by atoms with Crippen LogP contribution < -0.4 is 5.73 Å². The van der Waals surface area contributed by atoms with Crippen LogP contribution in [0.1, 0.15) is 18.1 Å². The van der Waals surface area contributed by atoms with Crippen molar-refractivity contribution in [3.05, 3.63) is 35.4 Å². The molecule has 0 aromatic heterocycles. The fraction of sp³-hybridized carbons (Fsp3) is 0.455. The molecule has 1 rings (SSSR count). The van der Waals surface area contributed by atoms with Gasteiger partial charge in [0.1, 0.15) is 0 Å². The molecule has 0 aliphatic rings. The number of benzene rings is 1. The zero-order valence-electron chi connectivity index (χ0n) is 8.94. The standard InChI is InChI=1S/C11H17NO2S/c1-2-10-3-5-11(6-4-10)9-15(13,14)8-7-12/h3-6H,2,7-9,12H2,1H3. The molecule has 0 amide bonds. The summed E-state index contributed by atoms with van der Waals surface area (Å²) in [6, 6.07) is 7.67. The van der Waals surface area contributed by atoms with Crippen molar-refractivity contribution in [3.8, 4) is 0 Å². The molecule has 0 bridgehead atoms. The summed E-state index contributed by atoms with van der Waals surface area (Å²) in [4.78, 5) is 0. The Labute approximate surface area is 91.2 Å². The monoisotopic (exact) mass is 227 g/mol. The zero-order chi connectivity index (χ0) is 11.3. The average Bonchev–Trinajstić information content (AvgIpc) is 2.18. The van der Waals surface area contributed by atoms with Gasteiger partial charge < -0.3 is 5.73 Å². The Morgan fingerprint density at radius 3 is 2.13 bits per heavy atom. The highest BCUT2D eigenvalue weighted by Gasteiger charge is 2.10. The summed E-state index contributed by atoms with van der Waals surface area (Å²) in [5.74, 6) is 0.150. The minimum Gasteiger partial charge on any atom is -0.329 e. The van der Waals surface area contributed by atoms with Gasteiger partial charge in [0, 0.05) is 6.54 Å². The van der Waals surface area contributed by atoms with Crippen LogP contribution >= 0.6 is 0 Å². The fourth-order valence-corrected chi connectivity index (χ4v) is 2.58. The Morgan fingerprint density at radius 1 is 1.13 bits per heavy atom. The third-order valence-corrected chi connectivity index (χ3v) is 3.88. The summed E-state index contributed by atoms with van der Waals surface area (Å²) in [6.07, 6.45) is 0.968. The summed E-state index contributed by atoms with van der Waals surface area (Å²) >= 11 is 0. The van der Waals surface area contributed by atoms with Crippen LogP contribution in [0.3, 0.4) is 0 Å². The molecular weight excluding hydrogens is 210 g/mol. The maximum Gasteiger partial charge on any atom is 0.155 e. The van der Waals surface area contributed by atoms with Gasteiger partial charge in [-0.05, 0) is 17.5 Å². The highest BCUT2D eigenvalue weighted by molar-refractivity contribution is 7.90. The summed E-state index contributed by atoms with van der Waals surface area (Å²) in [6.45, 7) is 2.26. The lowest BCUT2D eigenvalue weighted by Crippen LogP contribution is -2.17. The second kappa shape index (κ2) is 5.28. The molecule has 0 radical (unpaired) electrons. The minimum absolute atomic E-state index is 0.0581. The van der Waals surface area contributed by atoms with Crippen molar-refractivity contribution in [1.29, 1.82) is 0 Å². The van der Waals surface area contributed by atoms with Gasteiger partial charge in [0.2, 0.25) is 0 Å². The van der Waals surface area contributed by atoms with Crippen molar-refractivity contribution in [2.24, 2.45) is 5.73 Å². The summed E-state index contributed by atoms with van der Waals surface area (Å²) in [5, 5.41) is 0. The van der Waals surface area contributed by atoms with Crippen LogP contribution in [0.5, 0.6) is 0 Å². The van der Waals surface area contributed by atoms with Gasteiger partial charge in [0.15, 0.2) is 9.84 Å². The molecule has 3 nitrogen and oxygen atoms in total. The number of aryl methyl sites for hydroxylation is 1. The first kappa shape index (κ1) is 12.2. The maximum absolute atomic E-state index is 11.5. The Balaban J connectivity index is 2.73. The number of nitrogens with two attached hydrogens (primary N) is 1. The molecule has 0 heterocycles. The van der Waals surface area contributed by atoms with Crippen molar-refractivity contribution in [2.75, 3.05) is 12.3 Å². The second-order valence-electron chi connectivity index (χ2n) is 3.55. The van der Waals surface area contributed by atoms with E-state index in [4.69, 9.17) is 5.73 Å². The molecule has 1 aromatic carbocycles. The maximum atomic E-state index is 11.5. The van der Waals surface area contributed by atoms with Gasteiger partial charge in [0.05, 0.1) is 11.5 Å². The van der Waals surface area contributed by atoms with E-state index in [-0.39, 0.29) is 18.1 Å². The number of hydrogen-bond donors (Lipinski definition) is 1. The predicted molar refractivity (Wildman–Crippen MR) is 62.4 cm³/mol. The predicted octanol–water partition coefficient (Wildman–Crippen LogP) is 1.12. The molecule has 0 aliphatic heterocycles. The van der Waals surface area contributed by atoms with Gasteiger partial charge in [-0.25, -0.2) is 8.42 Å². The largest absolute Gasteiger partial charge is 0.329 e. The smallest absolute Gasteiger partial charge is 0.155 e. The van der Waals surface area contributed by atoms with Crippen molar-refractivity contribution in [3.63, 3.8) is 0 Å². The van der Waals surface area contributed by atoms with Gasteiger partial charge in [-0.1, -0.05) is 31.2 Å². The summed E-state index contributed by atoms with van der Waals surface area (Å²) < 4.78 is 22.9. The van der Waals surface area contributed by atoms with E-state index in [2.05, 4.69) is 6.92 Å². The van der Waals surface area contributed by atoms with Crippen molar-refractivity contribution < 1.29 is 8.42 Å². The molecule has 84 valence electrons. The Kier molecular flexibility index (Phi) is 4.29. The average molecular weight is 227 g/mol. The van der Waals surface area contributed by atoms with E-state index in [0.29, 0.717) is 0 Å². The van der Waals surface area contributed by atoms with Gasteiger partial charge in [-0.2, -0.15) is 0 Å². The van der Waals surface area contributed by atoms with E-state index >= 15 is 0 Å². The summed E-state index contributed by atoms with van der Waals surface area (Å²) in [5.41, 5.74) is 7.29. The van der Waals surface area contributed by atoms with E-state index in [9.17, 15) is 8.42 Å². The number of sulfone groups is 1. The molecule has 0 fully saturated rings. The van der Waals surface area contributed by atoms with Crippen LogP contribution in [0.25, 0.3) is 0 Å². The van der Waals surface area contributed by atoms with Crippen LogP contribution in [0.15, 0.2) is 24.3 Å². The third-order valence-electron chi connectivity index (χ3n) is 2.25. The van der Waals surface area contributed by atoms with E-state index in [1.54, 1.807) is 0 Å². The zero-order valence-corrected chi connectivity index (χ0v) is 9.76. The molecule has 0 aliphatic carbocycles. The molecule has 1 aromatic rings. The highest BCUT2D eigenvalue weighted by atomic mass is 32.2. The lowest BCUT2D eigenvalue weighted by molar-refractivity contribution is 0.595. The normalized spacial score (nSPS) is 11.6. The van der Waals surface area contributed by atoms with Crippen molar-refractivity contribution >= 4 is 9.84 Å². The minimum atomic E-state index is -3.03. The van der Waals surface area contributed by atoms with E-state index < -0.39 is 9.84 Å². The Morgan fingerprint density at radius 2 is 1.67 bits per heavy atom. The quantitative estimate of drug-likeness (QED) is 0.820. The fourth-order valence-electron chi connectivity index (χ4n) is 1.38. The highest BCUT2D eigenvalue weighted by Crippen LogP contribution is 2.09. The molecule has 4 heteroatoms. The van der Waals surface area contributed by atoms with Crippen LogP contribution in [0.4, 0.5) is 0 Å². The third kappa shape index (κ3) is 4.01. The van der Waals surface area contributed by atoms with E-state index in [0.717, 1.165) is 12.0 Å². The van der Waals surface area contributed by atoms with Crippen LogP contribution in [0.2, 0.25) is 0 Å². The lowest BCUT2D eigenvalue weighted by atomic mass is 10.1. The molecule has 0 atom stereocenters. The van der Waals surface area contributed by atoms with Gasteiger partial charge >= 0.3 is 0 Å². The van der Waals surface area contributed by atoms with Gasteiger partial charge in [-0.15, -0.1) is 0 Å². The summed E-state index contributed by atoms with van der Waals surface area (Å²) in [7, 11) is -3.03. The van der Waals surface area contributed by atoms with E-state index in [1.165, 1.54) is 5.56 Å². The topological polar surface area (TPSA) is 60.2 Å². The van der Waals surface area contributed by atoms with Crippen molar-refractivity contribution in [1.82, 2.24) is 0 Å². The Hall–Kier alpha value is -0.870. The molecule has 0 saturated heterocycles. The van der Waals surface area contributed by atoms with Crippen molar-refractivity contribution in [2.45, 2.75) is 19.1 Å². The first-order valence-electron chi connectivity index (χ1n) is 5.05. The molecule has 2 N–H and O–H groups in total. The Bertz CT molecular complexity index is 395. The second-order valence-corrected chi connectivity index (χ2v) is 5.73. The molecule has 0 saturated carbocycles. The molecule has 0 unspecified atom stereocenters. The lowest BCUT2D eigenvalue weighted by Gasteiger charge is -2.03. The van der Waals surface area contributed by atoms with Crippen LogP contribution in [-0.2, 0) is 22.0 Å². The van der Waals surface area contributed by atoms with Crippen LogP contribution in [0, 0.1) is 0 Å². The molecule has 0 spiro atoms.